The molecule has 0 bridgehead atoms. The summed E-state index contributed by atoms with van der Waals surface area (Å²) in [7, 11) is 1.60. The topological polar surface area (TPSA) is 62.3 Å². The summed E-state index contributed by atoms with van der Waals surface area (Å²) in [5.41, 5.74) is 4.51. The number of aryl methyl sites for hydroxylation is 1. The monoisotopic (exact) mass is 323 g/mol. The standard InChI is InChI=1S/C19H21N3O2/c1-12-4-5-15-10-14(7-9-18(15)22(12)13(2)23)17-8-6-16(11-21-17)19(24)20-3/h6-12H,4-5H2,1-3H3,(H,20,24)/t12-/m0/s1. The summed E-state index contributed by atoms with van der Waals surface area (Å²) in [5, 5.41) is 2.58. The van der Waals surface area contributed by atoms with Gasteiger partial charge in [-0.2, -0.15) is 0 Å². The summed E-state index contributed by atoms with van der Waals surface area (Å²) in [6.07, 6.45) is 3.49. The van der Waals surface area contributed by atoms with E-state index in [9.17, 15) is 9.59 Å². The Kier molecular flexibility index (Phi) is 4.34. The normalized spacial score (nSPS) is 16.5. The van der Waals surface area contributed by atoms with Gasteiger partial charge in [-0.1, -0.05) is 6.07 Å². The molecule has 1 aliphatic heterocycles. The van der Waals surface area contributed by atoms with Gasteiger partial charge in [-0.15, -0.1) is 0 Å². The molecule has 1 aliphatic rings. The molecule has 1 aromatic carbocycles. The van der Waals surface area contributed by atoms with Crippen molar-refractivity contribution in [2.24, 2.45) is 0 Å². The van der Waals surface area contributed by atoms with Crippen LogP contribution in [0.4, 0.5) is 5.69 Å². The zero-order valence-corrected chi connectivity index (χ0v) is 14.2. The largest absolute Gasteiger partial charge is 0.355 e. The molecule has 1 N–H and O–H groups in total. The van der Waals surface area contributed by atoms with Crippen molar-refractivity contribution in [1.82, 2.24) is 10.3 Å². The van der Waals surface area contributed by atoms with Crippen molar-refractivity contribution in [2.45, 2.75) is 32.7 Å². The molecule has 2 aromatic rings. The molecule has 0 spiro atoms. The van der Waals surface area contributed by atoms with E-state index in [1.807, 2.05) is 23.1 Å². The molecule has 1 atom stereocenters. The maximum Gasteiger partial charge on any atom is 0.252 e. The van der Waals surface area contributed by atoms with Gasteiger partial charge in [-0.3, -0.25) is 14.6 Å². The molecule has 0 radical (unpaired) electrons. The third-order valence-electron chi connectivity index (χ3n) is 4.50. The van der Waals surface area contributed by atoms with E-state index in [1.54, 1.807) is 26.2 Å². The number of nitrogens with zero attached hydrogens (tertiary/aromatic N) is 2. The van der Waals surface area contributed by atoms with Crippen LogP contribution >= 0.6 is 0 Å². The fourth-order valence-corrected chi connectivity index (χ4v) is 3.23. The van der Waals surface area contributed by atoms with E-state index in [1.165, 1.54) is 0 Å². The number of carbonyl (C=O) groups excluding carboxylic acids is 2. The number of rotatable bonds is 2. The van der Waals surface area contributed by atoms with Gasteiger partial charge in [0.15, 0.2) is 0 Å². The molecule has 2 amide bonds. The molecular formula is C19H21N3O2. The fraction of sp³-hybridized carbons (Fsp3) is 0.316. The van der Waals surface area contributed by atoms with Crippen LogP contribution in [0, 0.1) is 0 Å². The second kappa shape index (κ2) is 6.43. The zero-order chi connectivity index (χ0) is 17.3. The average Bonchev–Trinajstić information content (AvgIpc) is 2.60. The minimum atomic E-state index is -0.148. The fourth-order valence-electron chi connectivity index (χ4n) is 3.23. The maximum atomic E-state index is 11.9. The zero-order valence-electron chi connectivity index (χ0n) is 14.2. The molecule has 3 rings (SSSR count). The van der Waals surface area contributed by atoms with Crippen molar-refractivity contribution in [3.05, 3.63) is 47.7 Å². The Morgan fingerprint density at radius 2 is 2.04 bits per heavy atom. The average molecular weight is 323 g/mol. The predicted molar refractivity (Wildman–Crippen MR) is 94.0 cm³/mol. The molecule has 0 saturated carbocycles. The van der Waals surface area contributed by atoms with Gasteiger partial charge < -0.3 is 10.2 Å². The van der Waals surface area contributed by atoms with Crippen molar-refractivity contribution in [2.75, 3.05) is 11.9 Å². The first-order chi connectivity index (χ1) is 11.5. The SMILES string of the molecule is CNC(=O)c1ccc(-c2ccc3c(c2)CC[C@H](C)N3C(C)=O)nc1. The number of fused-ring (bicyclic) bond motifs is 1. The number of hydrogen-bond donors (Lipinski definition) is 1. The molecule has 1 aromatic heterocycles. The number of aromatic nitrogens is 1. The van der Waals surface area contributed by atoms with Crippen LogP contribution in [0.1, 0.15) is 36.2 Å². The minimum absolute atomic E-state index is 0.0734. The van der Waals surface area contributed by atoms with E-state index in [0.717, 1.165) is 35.3 Å². The molecule has 124 valence electrons. The van der Waals surface area contributed by atoms with Gasteiger partial charge in [-0.05, 0) is 49.6 Å². The van der Waals surface area contributed by atoms with Crippen LogP contribution in [-0.2, 0) is 11.2 Å². The molecule has 24 heavy (non-hydrogen) atoms. The molecule has 5 heteroatoms. The van der Waals surface area contributed by atoms with Gasteiger partial charge in [0, 0.05) is 37.5 Å². The van der Waals surface area contributed by atoms with Crippen LogP contribution in [0.5, 0.6) is 0 Å². The summed E-state index contributed by atoms with van der Waals surface area (Å²) in [6.45, 7) is 3.69. The van der Waals surface area contributed by atoms with Crippen molar-refractivity contribution < 1.29 is 9.59 Å². The third-order valence-corrected chi connectivity index (χ3v) is 4.50. The molecule has 0 unspecified atom stereocenters. The maximum absolute atomic E-state index is 11.9. The van der Waals surface area contributed by atoms with Gasteiger partial charge in [0.05, 0.1) is 11.3 Å². The number of pyridine rings is 1. The Morgan fingerprint density at radius 1 is 1.25 bits per heavy atom. The number of carbonyl (C=O) groups is 2. The summed E-state index contributed by atoms with van der Waals surface area (Å²) in [5.74, 6) is -0.0742. The lowest BCUT2D eigenvalue weighted by Crippen LogP contribution is -2.40. The lowest BCUT2D eigenvalue weighted by Gasteiger charge is -2.34. The summed E-state index contributed by atoms with van der Waals surface area (Å²) in [4.78, 5) is 29.8. The van der Waals surface area contributed by atoms with Crippen LogP contribution in [0.25, 0.3) is 11.3 Å². The first-order valence-corrected chi connectivity index (χ1v) is 8.12. The highest BCUT2D eigenvalue weighted by atomic mass is 16.2. The van der Waals surface area contributed by atoms with Crippen LogP contribution in [0.3, 0.4) is 0 Å². The Morgan fingerprint density at radius 3 is 2.67 bits per heavy atom. The molecule has 0 saturated heterocycles. The van der Waals surface area contributed by atoms with Crippen LogP contribution < -0.4 is 10.2 Å². The first kappa shape index (κ1) is 16.2. The van der Waals surface area contributed by atoms with E-state index in [-0.39, 0.29) is 17.9 Å². The third kappa shape index (κ3) is 2.89. The minimum Gasteiger partial charge on any atom is -0.355 e. The van der Waals surface area contributed by atoms with Crippen molar-refractivity contribution in [3.63, 3.8) is 0 Å². The van der Waals surface area contributed by atoms with Crippen molar-refractivity contribution >= 4 is 17.5 Å². The molecule has 0 fully saturated rings. The summed E-state index contributed by atoms with van der Waals surface area (Å²) in [6, 6.07) is 9.92. The number of amides is 2. The van der Waals surface area contributed by atoms with Crippen LogP contribution in [0.2, 0.25) is 0 Å². The van der Waals surface area contributed by atoms with E-state index in [0.29, 0.717) is 5.56 Å². The quantitative estimate of drug-likeness (QED) is 0.924. The number of benzene rings is 1. The highest BCUT2D eigenvalue weighted by molar-refractivity contribution is 5.94. The predicted octanol–water partition coefficient (Wildman–Crippen LogP) is 2.80. The number of hydrogen-bond acceptors (Lipinski definition) is 3. The van der Waals surface area contributed by atoms with E-state index < -0.39 is 0 Å². The van der Waals surface area contributed by atoms with Gasteiger partial charge in [0.2, 0.25) is 5.91 Å². The van der Waals surface area contributed by atoms with Crippen LogP contribution in [0.15, 0.2) is 36.5 Å². The highest BCUT2D eigenvalue weighted by Crippen LogP contribution is 2.33. The molecule has 5 nitrogen and oxygen atoms in total. The Hall–Kier alpha value is -2.69. The van der Waals surface area contributed by atoms with Crippen molar-refractivity contribution in [1.29, 1.82) is 0 Å². The smallest absolute Gasteiger partial charge is 0.252 e. The number of anilines is 1. The van der Waals surface area contributed by atoms with E-state index in [4.69, 9.17) is 0 Å². The van der Waals surface area contributed by atoms with Gasteiger partial charge in [-0.25, -0.2) is 0 Å². The Balaban J connectivity index is 1.94. The molecular weight excluding hydrogens is 302 g/mol. The molecule has 2 heterocycles. The second-order valence-electron chi connectivity index (χ2n) is 6.13. The summed E-state index contributed by atoms with van der Waals surface area (Å²) >= 11 is 0. The highest BCUT2D eigenvalue weighted by Gasteiger charge is 2.26. The first-order valence-electron chi connectivity index (χ1n) is 8.12. The number of nitrogens with one attached hydrogen (secondary N) is 1. The van der Waals surface area contributed by atoms with Gasteiger partial charge >= 0.3 is 0 Å². The van der Waals surface area contributed by atoms with Gasteiger partial charge in [0.25, 0.3) is 5.91 Å². The lowest BCUT2D eigenvalue weighted by molar-refractivity contribution is -0.117. The lowest BCUT2D eigenvalue weighted by atomic mass is 9.94. The van der Waals surface area contributed by atoms with E-state index in [2.05, 4.69) is 23.3 Å². The summed E-state index contributed by atoms with van der Waals surface area (Å²) < 4.78 is 0. The Bertz CT molecular complexity index is 784. The van der Waals surface area contributed by atoms with Gasteiger partial charge in [0.1, 0.15) is 0 Å². The second-order valence-corrected chi connectivity index (χ2v) is 6.13. The van der Waals surface area contributed by atoms with Crippen molar-refractivity contribution in [3.8, 4) is 11.3 Å². The van der Waals surface area contributed by atoms with E-state index >= 15 is 0 Å². The van der Waals surface area contributed by atoms with Crippen LogP contribution in [-0.4, -0.2) is 29.9 Å². The molecule has 0 aliphatic carbocycles. The Labute approximate surface area is 141 Å².